The lowest BCUT2D eigenvalue weighted by molar-refractivity contribution is -0.251. The smallest absolute Gasteiger partial charge is 0.243 e. The van der Waals surface area contributed by atoms with Crippen LogP contribution in [-0.4, -0.2) is 92.8 Å². The van der Waals surface area contributed by atoms with Gasteiger partial charge in [-0.1, -0.05) is 37.1 Å². The van der Waals surface area contributed by atoms with E-state index in [1.807, 2.05) is 26.0 Å². The highest BCUT2D eigenvalue weighted by atomic mass is 32.2. The lowest BCUT2D eigenvalue weighted by Gasteiger charge is -2.59. The van der Waals surface area contributed by atoms with E-state index in [0.717, 1.165) is 36.8 Å². The summed E-state index contributed by atoms with van der Waals surface area (Å²) in [6.45, 7) is 9.68. The monoisotopic (exact) mass is 887 g/mol. The number of anilines is 1. The highest BCUT2D eigenvalue weighted by Gasteiger charge is 2.66. The SMILES string of the molecule is C=CCOC12Oc3ccc(Oc4ccc(OC)c(C=O)c4)cc3C3C(CCCCO)C(CCCCO)C=C(C(=NOCC)CC1N(CCC)S(=O)(=O)c1ccc(NC(C)=O)cc1)C32. The number of nitrogens with one attached hydrogen (secondary N) is 1. The van der Waals surface area contributed by atoms with Crippen molar-refractivity contribution < 1.29 is 52.0 Å². The maximum Gasteiger partial charge on any atom is 0.243 e. The molecule has 1 amide bonds. The number of hydrogen-bond acceptors (Lipinski definition) is 12. The van der Waals surface area contributed by atoms with E-state index in [9.17, 15) is 19.8 Å². The summed E-state index contributed by atoms with van der Waals surface area (Å²) in [5.74, 6) is -1.06. The Labute approximate surface area is 370 Å². The number of allylic oxidation sites excluding steroid dienone is 1. The van der Waals surface area contributed by atoms with Gasteiger partial charge in [-0.25, -0.2) is 8.42 Å². The summed E-state index contributed by atoms with van der Waals surface area (Å²) in [5, 5.41) is 27.3. The number of hydrogen-bond donors (Lipinski definition) is 3. The number of methoxy groups -OCH3 is 1. The normalized spacial score (nSPS) is 23.2. The Hall–Kier alpha value is -5.06. The molecule has 1 aliphatic heterocycles. The molecule has 3 N–H and O–H groups in total. The molecule has 3 aliphatic rings. The number of nitrogens with zero attached hydrogens (tertiary/aromatic N) is 2. The van der Waals surface area contributed by atoms with Crippen molar-refractivity contribution in [3.05, 3.63) is 96.1 Å². The van der Waals surface area contributed by atoms with Crippen LogP contribution in [0.3, 0.4) is 0 Å². The maximum atomic E-state index is 15.1. The van der Waals surface area contributed by atoms with Crippen molar-refractivity contribution in [2.75, 3.05) is 45.4 Å². The van der Waals surface area contributed by atoms with E-state index >= 15 is 8.42 Å². The van der Waals surface area contributed by atoms with Crippen LogP contribution in [0.5, 0.6) is 23.0 Å². The van der Waals surface area contributed by atoms with Gasteiger partial charge in [0.1, 0.15) is 29.6 Å². The number of aliphatic hydroxyl groups excluding tert-OH is 2. The van der Waals surface area contributed by atoms with Gasteiger partial charge in [-0.15, -0.1) is 6.58 Å². The highest BCUT2D eigenvalue weighted by Crippen LogP contribution is 2.62. The average Bonchev–Trinajstić information content (AvgIpc) is 3.28. The molecule has 3 aromatic rings. The molecule has 14 nitrogen and oxygen atoms in total. The molecule has 1 saturated carbocycles. The minimum absolute atomic E-state index is 0.00293. The van der Waals surface area contributed by atoms with Crippen LogP contribution in [0.15, 0.2) is 95.0 Å². The summed E-state index contributed by atoms with van der Waals surface area (Å²) >= 11 is 0. The molecule has 6 unspecified atom stereocenters. The zero-order valence-electron chi connectivity index (χ0n) is 36.7. The molecule has 15 heteroatoms. The number of sulfonamides is 1. The van der Waals surface area contributed by atoms with Gasteiger partial charge >= 0.3 is 0 Å². The quantitative estimate of drug-likeness (QED) is 0.0363. The van der Waals surface area contributed by atoms with E-state index in [-0.39, 0.29) is 67.9 Å². The number of amides is 1. The molecule has 1 heterocycles. The molecule has 0 radical (unpaired) electrons. The Morgan fingerprint density at radius 3 is 2.38 bits per heavy atom. The van der Waals surface area contributed by atoms with Crippen LogP contribution < -0.4 is 19.5 Å². The third-order valence-electron chi connectivity index (χ3n) is 12.1. The molecule has 0 bridgehead atoms. The third-order valence-corrected chi connectivity index (χ3v) is 14.0. The number of ether oxygens (including phenoxy) is 4. The highest BCUT2D eigenvalue weighted by molar-refractivity contribution is 7.89. The van der Waals surface area contributed by atoms with Gasteiger partial charge in [0.2, 0.25) is 21.7 Å². The van der Waals surface area contributed by atoms with Crippen molar-refractivity contribution in [1.29, 1.82) is 0 Å². The largest absolute Gasteiger partial charge is 0.496 e. The molecule has 340 valence electrons. The Morgan fingerprint density at radius 2 is 1.73 bits per heavy atom. The molecule has 0 spiro atoms. The minimum Gasteiger partial charge on any atom is -0.496 e. The molecule has 6 rings (SSSR count). The van der Waals surface area contributed by atoms with Gasteiger partial charge in [0.25, 0.3) is 0 Å². The average molecular weight is 888 g/mol. The number of aliphatic hydroxyl groups is 2. The molecule has 0 aromatic heterocycles. The summed E-state index contributed by atoms with van der Waals surface area (Å²) in [4.78, 5) is 29.6. The Bertz CT molecular complexity index is 2250. The predicted octanol–water partition coefficient (Wildman–Crippen LogP) is 8.01. The predicted molar refractivity (Wildman–Crippen MR) is 240 cm³/mol. The first-order valence-corrected chi connectivity index (χ1v) is 23.3. The van der Waals surface area contributed by atoms with E-state index in [1.54, 1.807) is 42.5 Å². The summed E-state index contributed by atoms with van der Waals surface area (Å²) in [5.41, 5.74) is 3.07. The molecule has 6 atom stereocenters. The van der Waals surface area contributed by atoms with Crippen LogP contribution in [0.2, 0.25) is 0 Å². The van der Waals surface area contributed by atoms with Crippen molar-refractivity contribution in [1.82, 2.24) is 4.31 Å². The van der Waals surface area contributed by atoms with Gasteiger partial charge in [0.05, 0.1) is 41.8 Å². The van der Waals surface area contributed by atoms with Gasteiger partial charge in [-0.2, -0.15) is 4.31 Å². The summed E-state index contributed by atoms with van der Waals surface area (Å²) < 4.78 is 57.8. The van der Waals surface area contributed by atoms with Gasteiger partial charge < -0.3 is 39.3 Å². The number of unbranched alkanes of at least 4 members (excludes halogenated alkanes) is 2. The van der Waals surface area contributed by atoms with Crippen LogP contribution in [-0.2, 0) is 24.4 Å². The molecular formula is C48H61N3O11S. The number of benzene rings is 3. The number of rotatable bonds is 23. The number of oxime groups is 1. The second-order valence-electron chi connectivity index (χ2n) is 16.1. The van der Waals surface area contributed by atoms with Crippen molar-refractivity contribution in [2.24, 2.45) is 22.9 Å². The lowest BCUT2D eigenvalue weighted by atomic mass is 9.55. The molecule has 63 heavy (non-hydrogen) atoms. The topological polar surface area (TPSA) is 183 Å². The van der Waals surface area contributed by atoms with Crippen LogP contribution in [0, 0.1) is 17.8 Å². The van der Waals surface area contributed by atoms with Crippen molar-refractivity contribution in [3.8, 4) is 23.0 Å². The molecule has 1 fully saturated rings. The number of fused-ring (bicyclic) bond motifs is 2. The summed E-state index contributed by atoms with van der Waals surface area (Å²) in [7, 11) is -2.77. The van der Waals surface area contributed by atoms with E-state index in [4.69, 9.17) is 28.9 Å². The first-order chi connectivity index (χ1) is 30.5. The summed E-state index contributed by atoms with van der Waals surface area (Å²) in [6.07, 6.45) is 9.36. The third kappa shape index (κ3) is 10.2. The zero-order chi connectivity index (χ0) is 45.1. The van der Waals surface area contributed by atoms with Crippen molar-refractivity contribution in [2.45, 2.75) is 94.8 Å². The van der Waals surface area contributed by atoms with E-state index in [0.29, 0.717) is 65.5 Å². The minimum atomic E-state index is -4.26. The van der Waals surface area contributed by atoms with Crippen molar-refractivity contribution >= 4 is 33.6 Å². The van der Waals surface area contributed by atoms with Gasteiger partial charge in [-0.05, 0) is 117 Å². The fourth-order valence-electron chi connectivity index (χ4n) is 9.55. The fourth-order valence-corrected chi connectivity index (χ4v) is 11.3. The van der Waals surface area contributed by atoms with Crippen LogP contribution in [0.25, 0.3) is 0 Å². The maximum absolute atomic E-state index is 15.1. The number of aldehydes is 1. The lowest BCUT2D eigenvalue weighted by Crippen LogP contribution is -2.70. The van der Waals surface area contributed by atoms with Gasteiger partial charge in [-0.3, -0.25) is 9.59 Å². The second-order valence-corrected chi connectivity index (χ2v) is 18.0. The van der Waals surface area contributed by atoms with E-state index < -0.39 is 27.8 Å². The Morgan fingerprint density at radius 1 is 1.02 bits per heavy atom. The molecule has 2 aliphatic carbocycles. The Balaban J connectivity index is 1.60. The first kappa shape index (κ1) is 47.4. The fraction of sp³-hybridized carbons (Fsp3) is 0.479. The number of carbonyl (C=O) groups excluding carboxylic acids is 2. The molecule has 0 saturated heterocycles. The first-order valence-electron chi connectivity index (χ1n) is 21.9. The summed E-state index contributed by atoms with van der Waals surface area (Å²) in [6, 6.07) is 15.7. The number of carbonyl (C=O) groups is 2. The van der Waals surface area contributed by atoms with Gasteiger partial charge in [0, 0.05) is 50.3 Å². The van der Waals surface area contributed by atoms with Gasteiger partial charge in [0.15, 0.2) is 6.29 Å². The second kappa shape index (κ2) is 21.5. The standard InChI is InChI=1S/C48H61N3O11S/c1-6-23-51(63(56,57)38-19-15-35(16-20-38)49-32(4)55)45-30-42(50-60-8-3)40-28-33(13-9-11-24-52)39(14-10-12-25-53)46-41-29-37(61-36-17-21-43(58-5)34(27-36)31-54)18-22-44(41)62-48(45,47(40)46)59-26-7-2/h7,15-22,27-29,31,33,39,45-47,52-53H,2,6,8-14,23-26,30H2,1,3-5H3,(H,49,55). The van der Waals surface area contributed by atoms with Crippen LogP contribution >= 0.6 is 0 Å². The van der Waals surface area contributed by atoms with Crippen molar-refractivity contribution in [3.63, 3.8) is 0 Å². The molecular weight excluding hydrogens is 827 g/mol. The van der Waals surface area contributed by atoms with E-state index in [2.05, 4.69) is 18.0 Å². The van der Waals surface area contributed by atoms with Crippen LogP contribution in [0.4, 0.5) is 5.69 Å². The van der Waals surface area contributed by atoms with E-state index in [1.165, 1.54) is 30.5 Å². The van der Waals surface area contributed by atoms with Crippen LogP contribution in [0.1, 0.15) is 94.0 Å². The Kier molecular flexibility index (Phi) is 16.2. The molecule has 3 aromatic carbocycles. The zero-order valence-corrected chi connectivity index (χ0v) is 37.5.